The number of unbranched alkanes of at least 4 members (excludes halogenated alkanes) is 8. The van der Waals surface area contributed by atoms with Gasteiger partial charge in [-0.25, -0.2) is 0 Å². The Morgan fingerprint density at radius 3 is 1.62 bits per heavy atom. The maximum Gasteiger partial charge on any atom is 0.0333 e. The molecule has 0 saturated heterocycles. The normalized spacial score (nSPS) is 12.2. The largest absolute Gasteiger partial charge is 0.344 e. The smallest absolute Gasteiger partial charge is 0.0333 e. The fourth-order valence-electron chi connectivity index (χ4n) is 1.88. The topological polar surface area (TPSA) is 35.0 Å². The van der Waals surface area contributed by atoms with Crippen LogP contribution in [0.1, 0.15) is 84.5 Å². The van der Waals surface area contributed by atoms with Crippen LogP contribution < -0.4 is 6.15 Å². The fraction of sp³-hybridized carbons (Fsp3) is 1.00. The van der Waals surface area contributed by atoms with Crippen molar-refractivity contribution in [1.82, 2.24) is 6.15 Å². The summed E-state index contributed by atoms with van der Waals surface area (Å²) in [4.78, 5) is 0. The monoisotopic (exact) mass is 249 g/mol. The molecule has 0 aromatic rings. The van der Waals surface area contributed by atoms with Crippen LogP contribution >= 0.6 is 11.6 Å². The Morgan fingerprint density at radius 1 is 0.750 bits per heavy atom. The van der Waals surface area contributed by atoms with Gasteiger partial charge in [-0.05, 0) is 12.8 Å². The summed E-state index contributed by atoms with van der Waals surface area (Å²) in [5.74, 6) is 0. The minimum absolute atomic E-state index is 0. The van der Waals surface area contributed by atoms with Gasteiger partial charge in [0, 0.05) is 5.38 Å². The van der Waals surface area contributed by atoms with Crippen molar-refractivity contribution in [3.05, 3.63) is 0 Å². The van der Waals surface area contributed by atoms with E-state index in [1.54, 1.807) is 0 Å². The van der Waals surface area contributed by atoms with E-state index in [0.717, 1.165) is 6.42 Å². The van der Waals surface area contributed by atoms with Gasteiger partial charge in [0.25, 0.3) is 0 Å². The van der Waals surface area contributed by atoms with E-state index in [1.165, 1.54) is 64.2 Å². The summed E-state index contributed by atoms with van der Waals surface area (Å²) in [5, 5.41) is 0.426. The van der Waals surface area contributed by atoms with Crippen LogP contribution in [0.5, 0.6) is 0 Å². The van der Waals surface area contributed by atoms with Crippen molar-refractivity contribution in [2.24, 2.45) is 0 Å². The second-order valence-electron chi connectivity index (χ2n) is 4.62. The lowest BCUT2D eigenvalue weighted by Gasteiger charge is -2.05. The van der Waals surface area contributed by atoms with Gasteiger partial charge in [0.1, 0.15) is 0 Å². The van der Waals surface area contributed by atoms with Crippen LogP contribution in [-0.2, 0) is 0 Å². The third-order valence-electron chi connectivity index (χ3n) is 3.06. The molecule has 0 saturated carbocycles. The molecule has 0 fully saturated rings. The van der Waals surface area contributed by atoms with Crippen molar-refractivity contribution in [3.63, 3.8) is 0 Å². The molecule has 2 heteroatoms. The van der Waals surface area contributed by atoms with Crippen molar-refractivity contribution >= 4 is 11.6 Å². The lowest BCUT2D eigenvalue weighted by molar-refractivity contribution is 0.549. The fourth-order valence-corrected chi connectivity index (χ4v) is 2.03. The SMILES string of the molecule is CCCCCCCCCCCC(Cl)CC.N. The maximum absolute atomic E-state index is 6.06. The summed E-state index contributed by atoms with van der Waals surface area (Å²) in [7, 11) is 0. The predicted molar refractivity (Wildman–Crippen MR) is 76.8 cm³/mol. The molecule has 100 valence electrons. The first-order valence-electron chi connectivity index (χ1n) is 6.95. The second kappa shape index (κ2) is 15.2. The Morgan fingerprint density at radius 2 is 1.19 bits per heavy atom. The number of rotatable bonds is 11. The quantitative estimate of drug-likeness (QED) is 0.349. The molecule has 0 rings (SSSR count). The van der Waals surface area contributed by atoms with E-state index in [1.807, 2.05) is 0 Å². The zero-order valence-corrected chi connectivity index (χ0v) is 12.2. The molecule has 0 bridgehead atoms. The molecule has 0 amide bonds. The Balaban J connectivity index is 0. The summed E-state index contributed by atoms with van der Waals surface area (Å²) in [5.41, 5.74) is 0. The van der Waals surface area contributed by atoms with E-state index in [-0.39, 0.29) is 6.15 Å². The molecule has 0 aromatic carbocycles. The van der Waals surface area contributed by atoms with E-state index in [2.05, 4.69) is 13.8 Å². The van der Waals surface area contributed by atoms with E-state index >= 15 is 0 Å². The lowest BCUT2D eigenvalue weighted by atomic mass is 10.1. The van der Waals surface area contributed by atoms with Crippen molar-refractivity contribution in [2.75, 3.05) is 0 Å². The van der Waals surface area contributed by atoms with Crippen LogP contribution in [0.3, 0.4) is 0 Å². The molecule has 0 radical (unpaired) electrons. The highest BCUT2D eigenvalue weighted by molar-refractivity contribution is 6.20. The highest BCUT2D eigenvalue weighted by atomic mass is 35.5. The van der Waals surface area contributed by atoms with Gasteiger partial charge in [-0.2, -0.15) is 0 Å². The molecule has 0 aromatic heterocycles. The number of hydrogen-bond donors (Lipinski definition) is 1. The van der Waals surface area contributed by atoms with E-state index in [4.69, 9.17) is 11.6 Å². The molecular weight excluding hydrogens is 218 g/mol. The minimum Gasteiger partial charge on any atom is -0.344 e. The average molecular weight is 250 g/mol. The van der Waals surface area contributed by atoms with Crippen molar-refractivity contribution < 1.29 is 0 Å². The molecule has 16 heavy (non-hydrogen) atoms. The Kier molecular flexibility index (Phi) is 17.7. The van der Waals surface area contributed by atoms with E-state index in [9.17, 15) is 0 Å². The average Bonchev–Trinajstić information content (AvgIpc) is 2.26. The molecule has 0 heterocycles. The third kappa shape index (κ3) is 14.2. The van der Waals surface area contributed by atoms with Gasteiger partial charge in [-0.15, -0.1) is 11.6 Å². The molecule has 1 nitrogen and oxygen atoms in total. The van der Waals surface area contributed by atoms with Gasteiger partial charge in [-0.1, -0.05) is 71.6 Å². The van der Waals surface area contributed by atoms with Gasteiger partial charge in [0.2, 0.25) is 0 Å². The van der Waals surface area contributed by atoms with Crippen LogP contribution in [0.4, 0.5) is 0 Å². The van der Waals surface area contributed by atoms with Gasteiger partial charge < -0.3 is 6.15 Å². The van der Waals surface area contributed by atoms with E-state index < -0.39 is 0 Å². The van der Waals surface area contributed by atoms with Crippen molar-refractivity contribution in [2.45, 2.75) is 89.9 Å². The molecule has 0 aliphatic heterocycles. The van der Waals surface area contributed by atoms with Gasteiger partial charge >= 0.3 is 0 Å². The summed E-state index contributed by atoms with van der Waals surface area (Å²) < 4.78 is 0. The maximum atomic E-state index is 6.06. The predicted octanol–water partition coefficient (Wildman–Crippen LogP) is 6.09. The molecule has 0 spiro atoms. The van der Waals surface area contributed by atoms with Crippen molar-refractivity contribution in [3.8, 4) is 0 Å². The van der Waals surface area contributed by atoms with Crippen molar-refractivity contribution in [1.29, 1.82) is 0 Å². The third-order valence-corrected chi connectivity index (χ3v) is 3.59. The van der Waals surface area contributed by atoms with Crippen LogP contribution in [0, 0.1) is 0 Å². The summed E-state index contributed by atoms with van der Waals surface area (Å²) in [6.07, 6.45) is 15.0. The van der Waals surface area contributed by atoms with Crippen LogP contribution in [-0.4, -0.2) is 5.38 Å². The molecule has 1 atom stereocenters. The number of alkyl halides is 1. The molecule has 0 aliphatic carbocycles. The Hall–Kier alpha value is 0.250. The second-order valence-corrected chi connectivity index (χ2v) is 5.24. The first-order valence-corrected chi connectivity index (χ1v) is 7.39. The van der Waals surface area contributed by atoms with Crippen LogP contribution in [0.2, 0.25) is 0 Å². The van der Waals surface area contributed by atoms with Gasteiger partial charge in [-0.3, -0.25) is 0 Å². The van der Waals surface area contributed by atoms with E-state index in [0.29, 0.717) is 5.38 Å². The zero-order valence-electron chi connectivity index (χ0n) is 11.4. The highest BCUT2D eigenvalue weighted by Crippen LogP contribution is 2.14. The summed E-state index contributed by atoms with van der Waals surface area (Å²) >= 11 is 6.06. The molecule has 1 unspecified atom stereocenters. The molecular formula is C14H32ClN. The van der Waals surface area contributed by atoms with Gasteiger partial charge in [0.05, 0.1) is 0 Å². The minimum atomic E-state index is 0. The lowest BCUT2D eigenvalue weighted by Crippen LogP contribution is -1.95. The molecule has 3 N–H and O–H groups in total. The zero-order chi connectivity index (χ0) is 11.4. The Bertz CT molecular complexity index is 117. The summed E-state index contributed by atoms with van der Waals surface area (Å²) in [6, 6.07) is 0. The summed E-state index contributed by atoms with van der Waals surface area (Å²) in [6.45, 7) is 4.45. The Labute approximate surface area is 108 Å². The first kappa shape index (κ1) is 18.6. The number of hydrogen-bond acceptors (Lipinski definition) is 1. The first-order chi connectivity index (χ1) is 7.31. The van der Waals surface area contributed by atoms with Crippen LogP contribution in [0.15, 0.2) is 0 Å². The number of halogens is 1. The van der Waals surface area contributed by atoms with Crippen LogP contribution in [0.25, 0.3) is 0 Å². The highest BCUT2D eigenvalue weighted by Gasteiger charge is 1.99. The standard InChI is InChI=1S/C14H29Cl.H3N/c1-3-5-6-7-8-9-10-11-12-13-14(15)4-2;/h14H,3-13H2,1-2H3;1H3. The van der Waals surface area contributed by atoms with Gasteiger partial charge in [0.15, 0.2) is 0 Å². The molecule has 0 aliphatic rings.